The summed E-state index contributed by atoms with van der Waals surface area (Å²) < 4.78 is 7.44. The van der Waals surface area contributed by atoms with Gasteiger partial charge in [-0.15, -0.1) is 0 Å². The maximum absolute atomic E-state index is 14.1. The summed E-state index contributed by atoms with van der Waals surface area (Å²) in [6.45, 7) is 5.05. The third-order valence-electron chi connectivity index (χ3n) is 7.35. The van der Waals surface area contributed by atoms with E-state index < -0.39 is 12.0 Å². The second-order valence-electron chi connectivity index (χ2n) is 9.98. The molecule has 2 amide bonds. The predicted molar refractivity (Wildman–Crippen MR) is 147 cm³/mol. The molecule has 0 radical (unpaired) electrons. The van der Waals surface area contributed by atoms with Crippen molar-refractivity contribution in [2.75, 3.05) is 25.6 Å². The number of fused-ring (bicyclic) bond motifs is 2. The van der Waals surface area contributed by atoms with Crippen LogP contribution in [0.25, 0.3) is 10.9 Å². The van der Waals surface area contributed by atoms with Crippen LogP contribution in [0.2, 0.25) is 0 Å². The van der Waals surface area contributed by atoms with Crippen LogP contribution in [-0.2, 0) is 16.6 Å². The van der Waals surface area contributed by atoms with E-state index in [4.69, 9.17) is 4.74 Å². The lowest BCUT2D eigenvalue weighted by Gasteiger charge is -2.41. The average Bonchev–Trinajstić information content (AvgIpc) is 3.24. The molecule has 1 aromatic heterocycles. The van der Waals surface area contributed by atoms with Gasteiger partial charge in [-0.25, -0.2) is 0 Å². The van der Waals surface area contributed by atoms with Gasteiger partial charge >= 0.3 is 0 Å². The van der Waals surface area contributed by atoms with Gasteiger partial charge in [0.2, 0.25) is 5.91 Å². The summed E-state index contributed by atoms with van der Waals surface area (Å²) in [5.41, 5.74) is 5.27. The van der Waals surface area contributed by atoms with E-state index in [0.717, 1.165) is 27.7 Å². The van der Waals surface area contributed by atoms with E-state index in [-0.39, 0.29) is 11.8 Å². The van der Waals surface area contributed by atoms with Crippen LogP contribution in [0.3, 0.4) is 0 Å². The zero-order valence-corrected chi connectivity index (χ0v) is 21.8. The zero-order valence-electron chi connectivity index (χ0n) is 21.8. The highest BCUT2D eigenvalue weighted by Crippen LogP contribution is 2.45. The number of rotatable bonds is 7. The molecule has 0 spiro atoms. The SMILES string of the molecule is COCCN1C(=O)c2ccccc2[C@@H](C(=O)Nc2ccc(C(C)C)cc2)[C@H]1c1cn(C)c2ccccc12. The summed E-state index contributed by atoms with van der Waals surface area (Å²) in [5, 5.41) is 4.18. The van der Waals surface area contributed by atoms with Crippen molar-refractivity contribution in [3.63, 3.8) is 0 Å². The summed E-state index contributed by atoms with van der Waals surface area (Å²) in [7, 11) is 3.62. The second-order valence-corrected chi connectivity index (χ2v) is 9.98. The lowest BCUT2D eigenvalue weighted by atomic mass is 9.79. The first-order chi connectivity index (χ1) is 17.9. The number of ether oxygens (including phenoxy) is 1. The van der Waals surface area contributed by atoms with Crippen LogP contribution in [0.1, 0.15) is 58.8 Å². The van der Waals surface area contributed by atoms with Crippen molar-refractivity contribution in [2.45, 2.75) is 31.7 Å². The number of hydrogen-bond acceptors (Lipinski definition) is 3. The molecule has 2 atom stereocenters. The van der Waals surface area contributed by atoms with E-state index >= 15 is 0 Å². The third-order valence-corrected chi connectivity index (χ3v) is 7.35. The van der Waals surface area contributed by atoms with E-state index in [2.05, 4.69) is 35.9 Å². The first-order valence-corrected chi connectivity index (χ1v) is 12.7. The van der Waals surface area contributed by atoms with Gasteiger partial charge in [0.15, 0.2) is 0 Å². The highest BCUT2D eigenvalue weighted by atomic mass is 16.5. The number of hydrogen-bond donors (Lipinski definition) is 1. The molecule has 6 heteroatoms. The van der Waals surface area contributed by atoms with Crippen LogP contribution in [-0.4, -0.2) is 41.5 Å². The lowest BCUT2D eigenvalue weighted by molar-refractivity contribution is -0.119. The smallest absolute Gasteiger partial charge is 0.254 e. The second kappa shape index (κ2) is 10.2. The quantitative estimate of drug-likeness (QED) is 0.349. The number of carbonyl (C=O) groups is 2. The number of anilines is 1. The van der Waals surface area contributed by atoms with E-state index in [0.29, 0.717) is 24.6 Å². The normalized spacial score (nSPS) is 17.3. The number of nitrogens with one attached hydrogen (secondary N) is 1. The number of aromatic nitrogens is 1. The summed E-state index contributed by atoms with van der Waals surface area (Å²) in [6, 6.07) is 23.1. The van der Waals surface area contributed by atoms with Gasteiger partial charge in [-0.1, -0.05) is 62.4 Å². The molecule has 37 heavy (non-hydrogen) atoms. The Kier molecular flexibility index (Phi) is 6.85. The van der Waals surface area contributed by atoms with Gasteiger partial charge in [0.05, 0.1) is 18.6 Å². The van der Waals surface area contributed by atoms with E-state index in [9.17, 15) is 9.59 Å². The monoisotopic (exact) mass is 495 g/mol. The standard InChI is InChI=1S/C31H33N3O3/c1-20(2)21-13-15-22(16-14-21)32-30(35)28-24-10-5-6-11-25(24)31(36)34(17-18-37-4)29(28)26-19-33(3)27-12-8-7-9-23(26)27/h5-16,19-20,28-29H,17-18H2,1-4H3,(H,32,35)/t28-,29-/m1/s1. The molecule has 0 fully saturated rings. The molecule has 1 aliphatic rings. The number of amides is 2. The predicted octanol–water partition coefficient (Wildman–Crippen LogP) is 5.87. The van der Waals surface area contributed by atoms with Crippen LogP contribution in [0.5, 0.6) is 0 Å². The van der Waals surface area contributed by atoms with Crippen molar-refractivity contribution in [3.8, 4) is 0 Å². The number of methoxy groups -OCH3 is 1. The highest BCUT2D eigenvalue weighted by molar-refractivity contribution is 6.05. The van der Waals surface area contributed by atoms with Crippen LogP contribution in [0.4, 0.5) is 5.69 Å². The summed E-state index contributed by atoms with van der Waals surface area (Å²) in [4.78, 5) is 29.7. The number of aryl methyl sites for hydroxylation is 1. The van der Waals surface area contributed by atoms with E-state index in [1.54, 1.807) is 12.0 Å². The molecule has 1 N–H and O–H groups in total. The number of carbonyl (C=O) groups excluding carboxylic acids is 2. The van der Waals surface area contributed by atoms with Gasteiger partial charge in [0.25, 0.3) is 5.91 Å². The Morgan fingerprint density at radius 1 is 0.973 bits per heavy atom. The molecule has 6 nitrogen and oxygen atoms in total. The Balaban J connectivity index is 1.64. The third kappa shape index (κ3) is 4.53. The Morgan fingerprint density at radius 3 is 2.41 bits per heavy atom. The van der Waals surface area contributed by atoms with Gasteiger partial charge in [0.1, 0.15) is 0 Å². The minimum Gasteiger partial charge on any atom is -0.383 e. The van der Waals surface area contributed by atoms with Gasteiger partial charge in [-0.2, -0.15) is 0 Å². The molecule has 1 aliphatic heterocycles. The van der Waals surface area contributed by atoms with E-state index in [1.807, 2.05) is 73.9 Å². The van der Waals surface area contributed by atoms with Crippen molar-refractivity contribution < 1.29 is 14.3 Å². The fourth-order valence-electron chi connectivity index (χ4n) is 5.44. The first kappa shape index (κ1) is 24.8. The lowest BCUT2D eigenvalue weighted by Crippen LogP contribution is -2.47. The number of para-hydroxylation sites is 1. The fraction of sp³-hybridized carbons (Fsp3) is 0.290. The molecule has 0 saturated heterocycles. The molecule has 4 aromatic rings. The Bertz CT molecular complexity index is 1440. The van der Waals surface area contributed by atoms with Gasteiger partial charge in [-0.3, -0.25) is 9.59 Å². The van der Waals surface area contributed by atoms with Crippen molar-refractivity contribution >= 4 is 28.4 Å². The van der Waals surface area contributed by atoms with Crippen molar-refractivity contribution in [3.05, 3.63) is 101 Å². The topological polar surface area (TPSA) is 63.6 Å². The van der Waals surface area contributed by atoms with Crippen LogP contribution in [0, 0.1) is 0 Å². The van der Waals surface area contributed by atoms with E-state index in [1.165, 1.54) is 5.56 Å². The first-order valence-electron chi connectivity index (χ1n) is 12.7. The molecule has 190 valence electrons. The van der Waals surface area contributed by atoms with Crippen molar-refractivity contribution in [1.82, 2.24) is 9.47 Å². The molecule has 2 heterocycles. The minimum atomic E-state index is -0.596. The summed E-state index contributed by atoms with van der Waals surface area (Å²) in [6.07, 6.45) is 2.05. The fourth-order valence-corrected chi connectivity index (χ4v) is 5.44. The average molecular weight is 496 g/mol. The Morgan fingerprint density at radius 2 is 1.68 bits per heavy atom. The molecule has 3 aromatic carbocycles. The maximum Gasteiger partial charge on any atom is 0.254 e. The summed E-state index contributed by atoms with van der Waals surface area (Å²) >= 11 is 0. The molecule has 5 rings (SSSR count). The molecular weight excluding hydrogens is 462 g/mol. The number of nitrogens with zero attached hydrogens (tertiary/aromatic N) is 2. The minimum absolute atomic E-state index is 0.0871. The molecule has 0 aliphatic carbocycles. The number of benzene rings is 3. The van der Waals surface area contributed by atoms with Crippen LogP contribution >= 0.6 is 0 Å². The molecular formula is C31H33N3O3. The maximum atomic E-state index is 14.1. The highest BCUT2D eigenvalue weighted by Gasteiger charge is 2.45. The van der Waals surface area contributed by atoms with Gasteiger partial charge in [0, 0.05) is 54.6 Å². The van der Waals surface area contributed by atoms with Gasteiger partial charge in [-0.05, 0) is 41.3 Å². The van der Waals surface area contributed by atoms with Crippen LogP contribution < -0.4 is 5.32 Å². The van der Waals surface area contributed by atoms with Crippen LogP contribution in [0.15, 0.2) is 79.0 Å². The Hall–Kier alpha value is -3.90. The largest absolute Gasteiger partial charge is 0.383 e. The molecule has 0 unspecified atom stereocenters. The zero-order chi connectivity index (χ0) is 26.1. The van der Waals surface area contributed by atoms with Crippen molar-refractivity contribution in [1.29, 1.82) is 0 Å². The molecule has 0 saturated carbocycles. The summed E-state index contributed by atoms with van der Waals surface area (Å²) in [5.74, 6) is -0.416. The van der Waals surface area contributed by atoms with Crippen molar-refractivity contribution in [2.24, 2.45) is 7.05 Å². The van der Waals surface area contributed by atoms with Gasteiger partial charge < -0.3 is 19.5 Å². The molecule has 0 bridgehead atoms. The Labute approximate surface area is 217 Å².